The average Bonchev–Trinajstić information content (AvgIpc) is 2.70. The third-order valence-electron chi connectivity index (χ3n) is 4.79. The smallest absolute Gasteiger partial charge is 0.338 e. The number of alkyl halides is 3. The van der Waals surface area contributed by atoms with Gasteiger partial charge in [-0.05, 0) is 39.4 Å². The number of fused-ring (bicyclic) bond motifs is 1. The maximum absolute atomic E-state index is 13.4. The zero-order valence-electron chi connectivity index (χ0n) is 19.0. The fourth-order valence-corrected chi connectivity index (χ4v) is 3.62. The lowest BCUT2D eigenvalue weighted by molar-refractivity contribution is -0.137. The van der Waals surface area contributed by atoms with Gasteiger partial charge in [-0.1, -0.05) is 38.4 Å². The molecular weight excluding hydrogens is 427 g/mol. The molecule has 0 unspecified atom stereocenters. The van der Waals surface area contributed by atoms with Gasteiger partial charge in [-0.25, -0.2) is 10.0 Å². The Morgan fingerprint density at radius 2 is 1.77 bits per heavy atom. The maximum atomic E-state index is 13.4. The fourth-order valence-electron chi connectivity index (χ4n) is 3.35. The van der Waals surface area contributed by atoms with Gasteiger partial charge in [0.2, 0.25) is 5.96 Å². The van der Waals surface area contributed by atoms with E-state index in [4.69, 9.17) is 11.6 Å². The number of aliphatic imine (C=N–C) groups is 1. The molecule has 0 bridgehead atoms. The minimum Gasteiger partial charge on any atom is -0.338 e. The molecule has 9 heteroatoms. The van der Waals surface area contributed by atoms with Crippen molar-refractivity contribution in [1.82, 2.24) is 14.8 Å². The summed E-state index contributed by atoms with van der Waals surface area (Å²) in [6, 6.07) is 2.38. The number of nitrogens with zero attached hydrogens (tertiary/aromatic N) is 5. The molecular formula is C22H31ClF3N5. The first kappa shape index (κ1) is 25.2. The van der Waals surface area contributed by atoms with Crippen LogP contribution in [-0.4, -0.2) is 59.7 Å². The number of allylic oxidation sites excluding steroid dienone is 1. The Morgan fingerprint density at radius 3 is 2.29 bits per heavy atom. The standard InChI is InChI=1S/C20H25ClF3N5.C2H6/c1-5-6-18-14-11-16(21)15(20(22,23)24)12-17(14)25-19(29(18)26-13(2)3)28-9-7-27(4)8-10-28;1-2/h6,11-12H,5,7-10H2,1-4H3;1-2H3/b18-6+;. The van der Waals surface area contributed by atoms with E-state index in [0.29, 0.717) is 23.6 Å². The molecule has 0 atom stereocenters. The Labute approximate surface area is 187 Å². The van der Waals surface area contributed by atoms with E-state index >= 15 is 0 Å². The van der Waals surface area contributed by atoms with Gasteiger partial charge in [-0.2, -0.15) is 18.3 Å². The predicted octanol–water partition coefficient (Wildman–Crippen LogP) is 6.08. The number of rotatable bonds is 2. The van der Waals surface area contributed by atoms with Crippen LogP contribution in [0.2, 0.25) is 5.02 Å². The lowest BCUT2D eigenvalue weighted by atomic mass is 10.0. The highest BCUT2D eigenvalue weighted by Gasteiger charge is 2.37. The highest BCUT2D eigenvalue weighted by atomic mass is 35.5. The van der Waals surface area contributed by atoms with Crippen molar-refractivity contribution in [1.29, 1.82) is 0 Å². The van der Waals surface area contributed by atoms with E-state index in [1.807, 2.05) is 47.7 Å². The normalized spacial score (nSPS) is 18.3. The van der Waals surface area contributed by atoms with Crippen molar-refractivity contribution in [3.8, 4) is 0 Å². The molecule has 2 aliphatic rings. The van der Waals surface area contributed by atoms with Gasteiger partial charge < -0.3 is 9.80 Å². The van der Waals surface area contributed by atoms with Gasteiger partial charge in [-0.15, -0.1) is 0 Å². The van der Waals surface area contributed by atoms with Crippen LogP contribution in [0.25, 0.3) is 5.70 Å². The topological polar surface area (TPSA) is 34.4 Å². The summed E-state index contributed by atoms with van der Waals surface area (Å²) >= 11 is 6.00. The van der Waals surface area contributed by atoms with Gasteiger partial charge in [0.1, 0.15) is 0 Å². The van der Waals surface area contributed by atoms with E-state index in [9.17, 15) is 13.2 Å². The van der Waals surface area contributed by atoms with E-state index in [2.05, 4.69) is 19.9 Å². The molecule has 0 radical (unpaired) electrons. The van der Waals surface area contributed by atoms with Crippen molar-refractivity contribution >= 4 is 34.7 Å². The number of benzene rings is 1. The molecule has 31 heavy (non-hydrogen) atoms. The predicted molar refractivity (Wildman–Crippen MR) is 123 cm³/mol. The van der Waals surface area contributed by atoms with Crippen molar-refractivity contribution in [2.24, 2.45) is 10.1 Å². The van der Waals surface area contributed by atoms with Gasteiger partial charge in [-0.3, -0.25) is 0 Å². The number of guanidine groups is 1. The molecule has 1 saturated heterocycles. The number of halogens is 4. The van der Waals surface area contributed by atoms with Crippen LogP contribution in [0.1, 0.15) is 52.2 Å². The quantitative estimate of drug-likeness (QED) is 0.504. The molecule has 5 nitrogen and oxygen atoms in total. The van der Waals surface area contributed by atoms with E-state index in [0.717, 1.165) is 38.0 Å². The van der Waals surface area contributed by atoms with Crippen LogP contribution in [0.15, 0.2) is 28.3 Å². The van der Waals surface area contributed by atoms with Crippen LogP contribution in [0.4, 0.5) is 18.9 Å². The Hall–Kier alpha value is -2.06. The average molecular weight is 458 g/mol. The molecule has 0 amide bonds. The summed E-state index contributed by atoms with van der Waals surface area (Å²) < 4.78 is 40.2. The summed E-state index contributed by atoms with van der Waals surface area (Å²) in [7, 11) is 2.04. The highest BCUT2D eigenvalue weighted by molar-refractivity contribution is 6.31. The summed E-state index contributed by atoms with van der Waals surface area (Å²) in [4.78, 5) is 8.90. The second-order valence-electron chi connectivity index (χ2n) is 7.41. The first-order chi connectivity index (χ1) is 14.6. The van der Waals surface area contributed by atoms with Crippen LogP contribution in [-0.2, 0) is 6.18 Å². The van der Waals surface area contributed by atoms with Crippen LogP contribution in [0.3, 0.4) is 0 Å². The number of hydrazone groups is 1. The molecule has 0 aromatic heterocycles. The molecule has 3 rings (SSSR count). The van der Waals surface area contributed by atoms with Crippen molar-refractivity contribution in [2.75, 3.05) is 33.2 Å². The molecule has 0 aliphatic carbocycles. The number of likely N-dealkylation sites (N-methyl/N-ethyl adjacent to an activating group) is 1. The van der Waals surface area contributed by atoms with Gasteiger partial charge >= 0.3 is 6.18 Å². The summed E-state index contributed by atoms with van der Waals surface area (Å²) in [5, 5.41) is 6.04. The summed E-state index contributed by atoms with van der Waals surface area (Å²) in [5.41, 5.74) is 1.45. The largest absolute Gasteiger partial charge is 0.417 e. The van der Waals surface area contributed by atoms with Crippen LogP contribution in [0.5, 0.6) is 0 Å². The number of hydrogen-bond acceptors (Lipinski definition) is 5. The van der Waals surface area contributed by atoms with E-state index in [1.54, 1.807) is 5.01 Å². The van der Waals surface area contributed by atoms with Crippen LogP contribution < -0.4 is 0 Å². The third kappa shape index (κ3) is 5.80. The second-order valence-corrected chi connectivity index (χ2v) is 7.81. The number of hydrogen-bond donors (Lipinski definition) is 0. The minimum absolute atomic E-state index is 0.260. The van der Waals surface area contributed by atoms with Crippen LogP contribution in [0, 0.1) is 0 Å². The molecule has 0 saturated carbocycles. The maximum Gasteiger partial charge on any atom is 0.417 e. The monoisotopic (exact) mass is 457 g/mol. The highest BCUT2D eigenvalue weighted by Crippen LogP contribution is 2.43. The SMILES string of the molecule is CC.CC/C=C1\c2cc(Cl)c(C(F)(F)F)cc2N=C(N2CCN(C)CC2)N1N=C(C)C. The zero-order valence-corrected chi connectivity index (χ0v) is 19.8. The van der Waals surface area contributed by atoms with Crippen molar-refractivity contribution in [2.45, 2.75) is 47.2 Å². The summed E-state index contributed by atoms with van der Waals surface area (Å²) in [5.74, 6) is 0.543. The Kier molecular flexibility index (Phi) is 8.54. The molecule has 0 N–H and O–H groups in total. The molecule has 1 aromatic carbocycles. The van der Waals surface area contributed by atoms with Gasteiger partial charge in [0.05, 0.1) is 22.0 Å². The van der Waals surface area contributed by atoms with Crippen LogP contribution >= 0.6 is 11.6 Å². The van der Waals surface area contributed by atoms with Crippen molar-refractivity contribution in [3.05, 3.63) is 34.4 Å². The summed E-state index contributed by atoms with van der Waals surface area (Å²) in [6.45, 7) is 12.9. The summed E-state index contributed by atoms with van der Waals surface area (Å²) in [6.07, 6.45) is -1.91. The first-order valence-electron chi connectivity index (χ1n) is 10.6. The number of piperazine rings is 1. The Bertz CT molecular complexity index is 865. The minimum atomic E-state index is -4.54. The molecule has 2 aliphatic heterocycles. The Balaban J connectivity index is 0.00000166. The first-order valence-corrected chi connectivity index (χ1v) is 10.9. The van der Waals surface area contributed by atoms with Gasteiger partial charge in [0.25, 0.3) is 0 Å². The van der Waals surface area contributed by atoms with Gasteiger partial charge in [0.15, 0.2) is 0 Å². The van der Waals surface area contributed by atoms with Crippen molar-refractivity contribution in [3.63, 3.8) is 0 Å². The molecule has 1 aromatic rings. The van der Waals surface area contributed by atoms with E-state index < -0.39 is 11.7 Å². The lowest BCUT2D eigenvalue weighted by Gasteiger charge is -2.40. The lowest BCUT2D eigenvalue weighted by Crippen LogP contribution is -2.51. The zero-order chi connectivity index (χ0) is 23.3. The van der Waals surface area contributed by atoms with E-state index in [-0.39, 0.29) is 10.7 Å². The van der Waals surface area contributed by atoms with E-state index in [1.165, 1.54) is 6.07 Å². The molecule has 172 valence electrons. The molecule has 1 fully saturated rings. The van der Waals surface area contributed by atoms with Crippen molar-refractivity contribution < 1.29 is 13.2 Å². The third-order valence-corrected chi connectivity index (χ3v) is 5.10. The van der Waals surface area contributed by atoms with Gasteiger partial charge in [0, 0.05) is 37.5 Å². The second kappa shape index (κ2) is 10.5. The molecule has 2 heterocycles. The molecule has 0 spiro atoms. The fraction of sp³-hybridized carbons (Fsp3) is 0.545. The Morgan fingerprint density at radius 1 is 1.16 bits per heavy atom.